The summed E-state index contributed by atoms with van der Waals surface area (Å²) in [6.07, 6.45) is 1.70. The van der Waals surface area contributed by atoms with Gasteiger partial charge in [0.15, 0.2) is 5.82 Å². The number of rotatable bonds is 7. The molecule has 0 bridgehead atoms. The van der Waals surface area contributed by atoms with Crippen molar-refractivity contribution in [3.8, 4) is 0 Å². The van der Waals surface area contributed by atoms with Gasteiger partial charge in [-0.1, -0.05) is 18.2 Å². The Morgan fingerprint density at radius 3 is 2.78 bits per heavy atom. The molecule has 2 aromatic rings. The van der Waals surface area contributed by atoms with Gasteiger partial charge < -0.3 is 15.5 Å². The molecule has 0 aliphatic carbocycles. The molecule has 0 aliphatic heterocycles. The zero-order chi connectivity index (χ0) is 16.7. The van der Waals surface area contributed by atoms with Crippen molar-refractivity contribution in [1.29, 1.82) is 0 Å². The second kappa shape index (κ2) is 8.07. The smallest absolute Gasteiger partial charge is 0.224 e. The maximum absolute atomic E-state index is 13.5. The zero-order valence-corrected chi connectivity index (χ0v) is 13.2. The normalized spacial score (nSPS) is 10.2. The second-order valence-electron chi connectivity index (χ2n) is 5.24. The van der Waals surface area contributed by atoms with Gasteiger partial charge in [-0.25, -0.2) is 4.39 Å². The zero-order valence-electron chi connectivity index (χ0n) is 13.2. The van der Waals surface area contributed by atoms with E-state index in [0.717, 1.165) is 5.69 Å². The molecule has 122 valence electrons. The number of carbonyl (C=O) groups excluding carboxylic acids is 1. The summed E-state index contributed by atoms with van der Waals surface area (Å²) in [5.41, 5.74) is 1.33. The van der Waals surface area contributed by atoms with E-state index in [1.165, 1.54) is 6.07 Å². The fourth-order valence-corrected chi connectivity index (χ4v) is 1.96. The number of halogens is 1. The van der Waals surface area contributed by atoms with Crippen LogP contribution in [0, 0.1) is 5.82 Å². The van der Waals surface area contributed by atoms with Crippen LogP contribution < -0.4 is 15.5 Å². The number of hydrogen-bond acceptors (Lipinski definition) is 5. The van der Waals surface area contributed by atoms with Crippen LogP contribution in [0.1, 0.15) is 5.56 Å². The number of amides is 1. The van der Waals surface area contributed by atoms with E-state index in [-0.39, 0.29) is 18.1 Å². The van der Waals surface area contributed by atoms with E-state index in [4.69, 9.17) is 0 Å². The molecule has 0 spiro atoms. The fourth-order valence-electron chi connectivity index (χ4n) is 1.96. The average Bonchev–Trinajstić information content (AvgIpc) is 2.54. The van der Waals surface area contributed by atoms with E-state index < -0.39 is 0 Å². The molecule has 1 aromatic carbocycles. The van der Waals surface area contributed by atoms with Crippen LogP contribution >= 0.6 is 0 Å². The van der Waals surface area contributed by atoms with Crippen LogP contribution in [0.3, 0.4) is 0 Å². The number of carbonyl (C=O) groups is 1. The summed E-state index contributed by atoms with van der Waals surface area (Å²) in [6.45, 7) is 0.926. The van der Waals surface area contributed by atoms with E-state index in [2.05, 4.69) is 20.8 Å². The topological polar surface area (TPSA) is 70.2 Å². The quantitative estimate of drug-likeness (QED) is 0.757. The molecule has 0 unspecified atom stereocenters. The molecule has 2 N–H and O–H groups in total. The van der Waals surface area contributed by atoms with Crippen molar-refractivity contribution in [2.75, 3.05) is 37.4 Å². The van der Waals surface area contributed by atoms with Gasteiger partial charge in [-0.15, -0.1) is 5.10 Å². The predicted octanol–water partition coefficient (Wildman–Crippen LogP) is 1.45. The molecule has 6 nitrogen and oxygen atoms in total. The minimum atomic E-state index is -0.364. The lowest BCUT2D eigenvalue weighted by molar-refractivity contribution is -0.120. The van der Waals surface area contributed by atoms with Gasteiger partial charge in [-0.05, 0) is 11.6 Å². The molecular weight excluding hydrogens is 297 g/mol. The lowest BCUT2D eigenvalue weighted by Crippen LogP contribution is -2.30. The maximum Gasteiger partial charge on any atom is 0.224 e. The Kier molecular flexibility index (Phi) is 5.85. The number of anilines is 2. The summed E-state index contributed by atoms with van der Waals surface area (Å²) in [5, 5.41) is 13.7. The van der Waals surface area contributed by atoms with E-state index in [1.54, 1.807) is 24.4 Å². The Morgan fingerprint density at radius 1 is 1.26 bits per heavy atom. The summed E-state index contributed by atoms with van der Waals surface area (Å²) in [7, 11) is 3.84. The molecule has 0 aliphatic rings. The van der Waals surface area contributed by atoms with Crippen LogP contribution in [-0.4, -0.2) is 43.3 Å². The van der Waals surface area contributed by atoms with Crippen LogP contribution in [0.5, 0.6) is 0 Å². The monoisotopic (exact) mass is 317 g/mol. The first kappa shape index (κ1) is 16.7. The highest BCUT2D eigenvalue weighted by molar-refractivity contribution is 5.78. The van der Waals surface area contributed by atoms with Crippen molar-refractivity contribution in [1.82, 2.24) is 15.5 Å². The van der Waals surface area contributed by atoms with Gasteiger partial charge in [0.05, 0.1) is 18.3 Å². The van der Waals surface area contributed by atoms with Crippen molar-refractivity contribution in [2.45, 2.75) is 6.42 Å². The van der Waals surface area contributed by atoms with Crippen LogP contribution in [-0.2, 0) is 11.2 Å². The minimum Gasteiger partial charge on any atom is -0.376 e. The lowest BCUT2D eigenvalue weighted by atomic mass is 10.1. The first-order valence-corrected chi connectivity index (χ1v) is 7.30. The van der Waals surface area contributed by atoms with Gasteiger partial charge >= 0.3 is 0 Å². The molecule has 1 aromatic heterocycles. The second-order valence-corrected chi connectivity index (χ2v) is 5.24. The van der Waals surface area contributed by atoms with Gasteiger partial charge in [0.2, 0.25) is 5.91 Å². The predicted molar refractivity (Wildman–Crippen MR) is 88.0 cm³/mol. The lowest BCUT2D eigenvalue weighted by Gasteiger charge is -2.13. The Hall–Kier alpha value is -2.70. The molecule has 1 amide bonds. The molecule has 1 heterocycles. The molecule has 0 atom stereocenters. The van der Waals surface area contributed by atoms with Crippen LogP contribution in [0.2, 0.25) is 0 Å². The number of nitrogens with zero attached hydrogens (tertiary/aromatic N) is 3. The number of nitrogens with one attached hydrogen (secondary N) is 2. The largest absolute Gasteiger partial charge is 0.376 e. The molecule has 0 saturated carbocycles. The summed E-state index contributed by atoms with van der Waals surface area (Å²) in [4.78, 5) is 13.7. The van der Waals surface area contributed by atoms with Crippen molar-refractivity contribution >= 4 is 17.4 Å². The van der Waals surface area contributed by atoms with E-state index in [0.29, 0.717) is 24.5 Å². The fraction of sp³-hybridized carbons (Fsp3) is 0.312. The Morgan fingerprint density at radius 2 is 2.04 bits per heavy atom. The van der Waals surface area contributed by atoms with Gasteiger partial charge in [0.1, 0.15) is 5.82 Å². The van der Waals surface area contributed by atoms with Gasteiger partial charge in [0.25, 0.3) is 0 Å². The molecule has 7 heteroatoms. The number of benzene rings is 1. The third-order valence-electron chi connectivity index (χ3n) is 3.22. The Labute approximate surface area is 134 Å². The first-order valence-electron chi connectivity index (χ1n) is 7.30. The summed E-state index contributed by atoms with van der Waals surface area (Å²) in [5.74, 6) is 0.0566. The van der Waals surface area contributed by atoms with E-state index in [1.807, 2.05) is 25.1 Å². The molecule has 23 heavy (non-hydrogen) atoms. The summed E-state index contributed by atoms with van der Waals surface area (Å²) >= 11 is 0. The highest BCUT2D eigenvalue weighted by atomic mass is 19.1. The van der Waals surface area contributed by atoms with E-state index in [9.17, 15) is 9.18 Å². The molecule has 0 fully saturated rings. The SMILES string of the molecule is CN(C)c1cnnc(NCCNC(=O)Cc2ccccc2F)c1. The van der Waals surface area contributed by atoms with Crippen molar-refractivity contribution < 1.29 is 9.18 Å². The highest BCUT2D eigenvalue weighted by Gasteiger charge is 2.07. The number of hydrogen-bond donors (Lipinski definition) is 2. The van der Waals surface area contributed by atoms with Crippen LogP contribution in [0.4, 0.5) is 15.9 Å². The van der Waals surface area contributed by atoms with Crippen LogP contribution in [0.15, 0.2) is 36.5 Å². The Bertz CT molecular complexity index is 662. The average molecular weight is 317 g/mol. The van der Waals surface area contributed by atoms with Gasteiger partial charge in [-0.3, -0.25) is 4.79 Å². The third kappa shape index (κ3) is 5.21. The standard InChI is InChI=1S/C16H20FN5O/c1-22(2)13-10-15(21-20-11-13)18-7-8-19-16(23)9-12-5-3-4-6-14(12)17/h3-6,10-11H,7-9H2,1-2H3,(H,18,21)(H,19,23). The molecular formula is C16H20FN5O. The van der Waals surface area contributed by atoms with Gasteiger partial charge in [-0.2, -0.15) is 5.10 Å². The van der Waals surface area contributed by atoms with Crippen molar-refractivity contribution in [3.05, 3.63) is 47.9 Å². The third-order valence-corrected chi connectivity index (χ3v) is 3.22. The highest BCUT2D eigenvalue weighted by Crippen LogP contribution is 2.12. The Balaban J connectivity index is 1.74. The van der Waals surface area contributed by atoms with E-state index >= 15 is 0 Å². The van der Waals surface area contributed by atoms with Crippen LogP contribution in [0.25, 0.3) is 0 Å². The van der Waals surface area contributed by atoms with Gasteiger partial charge in [0, 0.05) is 33.3 Å². The molecule has 0 saturated heterocycles. The molecule has 2 rings (SSSR count). The van der Waals surface area contributed by atoms with Crippen molar-refractivity contribution in [3.63, 3.8) is 0 Å². The number of aromatic nitrogens is 2. The minimum absolute atomic E-state index is 0.0304. The first-order chi connectivity index (χ1) is 11.1. The summed E-state index contributed by atoms with van der Waals surface area (Å²) in [6, 6.07) is 8.14. The molecule has 0 radical (unpaired) electrons. The maximum atomic E-state index is 13.5. The van der Waals surface area contributed by atoms with Crippen molar-refractivity contribution in [2.24, 2.45) is 0 Å². The summed E-state index contributed by atoms with van der Waals surface area (Å²) < 4.78 is 13.5.